The number of sulfone groups is 1. The molecule has 0 saturated heterocycles. The highest BCUT2D eigenvalue weighted by Crippen LogP contribution is 2.36. The zero-order valence-electron chi connectivity index (χ0n) is 18.6. The lowest BCUT2D eigenvalue weighted by molar-refractivity contribution is -0.0436. The van der Waals surface area contributed by atoms with Crippen LogP contribution in [0, 0.1) is 0 Å². The van der Waals surface area contributed by atoms with Gasteiger partial charge in [0.1, 0.15) is 0 Å². The molecular weight excluding hydrogens is 505 g/mol. The van der Waals surface area contributed by atoms with Gasteiger partial charge in [-0.25, -0.2) is 12.6 Å². The zero-order valence-corrected chi connectivity index (χ0v) is 20.2. The third-order valence-corrected chi connectivity index (χ3v) is 8.36. The number of rotatable bonds is 6. The van der Waals surface area contributed by atoms with Crippen LogP contribution in [0.3, 0.4) is 0 Å². The van der Waals surface area contributed by atoms with Gasteiger partial charge in [0.25, 0.3) is 20.0 Å². The van der Waals surface area contributed by atoms with Crippen molar-refractivity contribution in [1.82, 2.24) is 5.01 Å². The molecule has 7 nitrogen and oxygen atoms in total. The molecule has 1 atom stereocenters. The molecule has 12 heteroatoms. The molecule has 3 aromatic carbocycles. The second-order valence-corrected chi connectivity index (χ2v) is 11.2. The normalized spacial score (nSPS) is 17.2. The standard InChI is InChI=1S/C23H21F3N2O5S2/c1-3-27-16(2)15-22(28(27)21-10-6-8-17-7-4-5-9-20(17)21)33-35(31,32)19-13-11-18(12-14-19)34(29,30)23(24,25)26/h4-15,22H,3H2,1-2H3. The van der Waals surface area contributed by atoms with Crippen molar-refractivity contribution >= 4 is 36.4 Å². The number of anilines is 1. The lowest BCUT2D eigenvalue weighted by Gasteiger charge is -2.36. The van der Waals surface area contributed by atoms with Crippen molar-refractivity contribution in [2.24, 2.45) is 0 Å². The molecule has 3 aromatic rings. The quantitative estimate of drug-likeness (QED) is 0.426. The molecule has 0 amide bonds. The molecule has 1 aliphatic rings. The molecule has 0 aliphatic carbocycles. The number of fused-ring (bicyclic) bond motifs is 1. The first-order valence-electron chi connectivity index (χ1n) is 10.4. The number of hydrogen-bond acceptors (Lipinski definition) is 7. The summed E-state index contributed by atoms with van der Waals surface area (Å²) in [6.45, 7) is 4.20. The van der Waals surface area contributed by atoms with Crippen LogP contribution in [0.5, 0.6) is 0 Å². The van der Waals surface area contributed by atoms with Gasteiger partial charge in [0, 0.05) is 17.6 Å². The minimum Gasteiger partial charge on any atom is -0.287 e. The van der Waals surface area contributed by atoms with E-state index in [1.165, 1.54) is 0 Å². The summed E-state index contributed by atoms with van der Waals surface area (Å²) < 4.78 is 93.1. The van der Waals surface area contributed by atoms with Crippen LogP contribution in [0.4, 0.5) is 18.9 Å². The van der Waals surface area contributed by atoms with Crippen molar-refractivity contribution in [1.29, 1.82) is 0 Å². The molecular formula is C23H21F3N2O5S2. The van der Waals surface area contributed by atoms with Crippen LogP contribution in [0.15, 0.2) is 88.3 Å². The van der Waals surface area contributed by atoms with E-state index in [0.717, 1.165) is 28.6 Å². The first kappa shape index (κ1) is 25.0. The molecule has 1 aliphatic heterocycles. The van der Waals surface area contributed by atoms with E-state index in [9.17, 15) is 30.0 Å². The summed E-state index contributed by atoms with van der Waals surface area (Å²) in [7, 11) is -10.1. The van der Waals surface area contributed by atoms with Crippen molar-refractivity contribution in [2.75, 3.05) is 11.6 Å². The smallest absolute Gasteiger partial charge is 0.287 e. The van der Waals surface area contributed by atoms with Crippen molar-refractivity contribution < 1.29 is 34.2 Å². The van der Waals surface area contributed by atoms with Gasteiger partial charge in [-0.15, -0.1) is 0 Å². The Morgan fingerprint density at radius 1 is 0.886 bits per heavy atom. The maximum atomic E-state index is 13.0. The molecule has 1 heterocycles. The van der Waals surface area contributed by atoms with Gasteiger partial charge >= 0.3 is 5.51 Å². The Kier molecular flexibility index (Phi) is 6.32. The summed E-state index contributed by atoms with van der Waals surface area (Å²) in [4.78, 5) is -1.53. The average molecular weight is 527 g/mol. The lowest BCUT2D eigenvalue weighted by Crippen LogP contribution is -2.44. The largest absolute Gasteiger partial charge is 0.501 e. The molecule has 35 heavy (non-hydrogen) atoms. The first-order chi connectivity index (χ1) is 16.4. The molecule has 1 unspecified atom stereocenters. The molecule has 186 valence electrons. The Labute approximate surface area is 201 Å². The molecule has 0 spiro atoms. The summed E-state index contributed by atoms with van der Waals surface area (Å²) in [5.74, 6) is 0. The summed E-state index contributed by atoms with van der Waals surface area (Å²) >= 11 is 0. The summed E-state index contributed by atoms with van der Waals surface area (Å²) in [6, 6.07) is 15.9. The minimum atomic E-state index is -5.60. The summed E-state index contributed by atoms with van der Waals surface area (Å²) in [6.07, 6.45) is 0.537. The second kappa shape index (κ2) is 8.85. The minimum absolute atomic E-state index is 0.475. The van der Waals surface area contributed by atoms with Crippen LogP contribution < -0.4 is 5.01 Å². The van der Waals surface area contributed by atoms with Crippen LogP contribution in [-0.2, 0) is 24.1 Å². The van der Waals surface area contributed by atoms with Crippen LogP contribution in [0.25, 0.3) is 10.8 Å². The van der Waals surface area contributed by atoms with E-state index in [1.807, 2.05) is 54.4 Å². The van der Waals surface area contributed by atoms with Gasteiger partial charge in [0.05, 0.1) is 15.5 Å². The van der Waals surface area contributed by atoms with Gasteiger partial charge in [0.15, 0.2) is 6.23 Å². The van der Waals surface area contributed by atoms with Crippen molar-refractivity contribution in [3.63, 3.8) is 0 Å². The number of nitrogens with zero attached hydrogens (tertiary/aromatic N) is 2. The molecule has 0 fully saturated rings. The van der Waals surface area contributed by atoms with Gasteiger partial charge < -0.3 is 0 Å². The summed E-state index contributed by atoms with van der Waals surface area (Å²) in [5, 5.41) is 5.34. The van der Waals surface area contributed by atoms with Gasteiger partial charge in [-0.3, -0.25) is 10.0 Å². The van der Waals surface area contributed by atoms with Gasteiger partial charge in [-0.2, -0.15) is 21.6 Å². The fourth-order valence-electron chi connectivity index (χ4n) is 3.92. The summed E-state index contributed by atoms with van der Waals surface area (Å²) in [5.41, 5.74) is -4.06. The highest BCUT2D eigenvalue weighted by Gasteiger charge is 2.47. The van der Waals surface area contributed by atoms with Crippen LogP contribution in [0.2, 0.25) is 0 Å². The molecule has 0 bridgehead atoms. The topological polar surface area (TPSA) is 84.0 Å². The number of allylic oxidation sites excluding steroid dienone is 1. The van der Waals surface area contributed by atoms with E-state index in [4.69, 9.17) is 4.18 Å². The predicted molar refractivity (Wildman–Crippen MR) is 124 cm³/mol. The van der Waals surface area contributed by atoms with Gasteiger partial charge in [-0.1, -0.05) is 36.4 Å². The van der Waals surface area contributed by atoms with Gasteiger partial charge in [0.2, 0.25) is 0 Å². The maximum absolute atomic E-state index is 13.0. The van der Waals surface area contributed by atoms with Crippen LogP contribution in [0.1, 0.15) is 13.8 Å². The van der Waals surface area contributed by atoms with Crippen molar-refractivity contribution in [3.8, 4) is 0 Å². The SMILES string of the molecule is CCN1C(C)=CC(OS(=O)(=O)c2ccc(S(=O)(=O)C(F)(F)F)cc2)N1c1cccc2ccccc12. The first-order valence-corrected chi connectivity index (χ1v) is 13.3. The number of alkyl halides is 3. The Balaban J connectivity index is 1.70. The number of benzene rings is 3. The number of hydrogen-bond donors (Lipinski definition) is 0. The highest BCUT2D eigenvalue weighted by atomic mass is 32.2. The highest BCUT2D eigenvalue weighted by molar-refractivity contribution is 7.92. The predicted octanol–water partition coefficient (Wildman–Crippen LogP) is 4.83. The monoisotopic (exact) mass is 526 g/mol. The van der Waals surface area contributed by atoms with E-state index in [1.54, 1.807) is 18.0 Å². The molecule has 0 aromatic heterocycles. The van der Waals surface area contributed by atoms with E-state index in [2.05, 4.69) is 0 Å². The Bertz CT molecular complexity index is 1500. The second-order valence-electron chi connectivity index (χ2n) is 7.73. The van der Waals surface area contributed by atoms with E-state index >= 15 is 0 Å². The van der Waals surface area contributed by atoms with Crippen LogP contribution in [-0.4, -0.2) is 40.1 Å². The molecule has 0 radical (unpaired) electrons. The van der Waals surface area contributed by atoms with E-state index in [0.29, 0.717) is 24.4 Å². The van der Waals surface area contributed by atoms with E-state index < -0.39 is 41.5 Å². The maximum Gasteiger partial charge on any atom is 0.501 e. The van der Waals surface area contributed by atoms with Crippen molar-refractivity contribution in [2.45, 2.75) is 35.4 Å². The Morgan fingerprint density at radius 2 is 1.49 bits per heavy atom. The van der Waals surface area contributed by atoms with Crippen LogP contribution >= 0.6 is 0 Å². The molecule has 0 N–H and O–H groups in total. The van der Waals surface area contributed by atoms with Gasteiger partial charge in [-0.05, 0) is 55.6 Å². The average Bonchev–Trinajstić information content (AvgIpc) is 3.11. The van der Waals surface area contributed by atoms with E-state index in [-0.39, 0.29) is 0 Å². The third-order valence-electron chi connectivity index (χ3n) is 5.56. The molecule has 4 rings (SSSR count). The third kappa shape index (κ3) is 4.48. The Hall–Kier alpha value is -3.09. The molecule has 0 saturated carbocycles. The van der Waals surface area contributed by atoms with Crippen molar-refractivity contribution in [3.05, 3.63) is 78.5 Å². The lowest BCUT2D eigenvalue weighted by atomic mass is 10.1. The Morgan fingerprint density at radius 3 is 2.11 bits per heavy atom. The number of hydrazine groups is 1. The zero-order chi connectivity index (χ0) is 25.6. The fraction of sp³-hybridized carbons (Fsp3) is 0.217. The fourth-order valence-corrected chi connectivity index (χ4v) is 5.66. The number of halogens is 3.